The molecule has 18 heteroatoms. The van der Waals surface area contributed by atoms with Crippen LogP contribution in [0.15, 0.2) is 18.2 Å². The fourth-order valence-corrected chi connectivity index (χ4v) is 5.17. The van der Waals surface area contributed by atoms with Crippen LogP contribution in [-0.2, 0) is 33.4 Å². The van der Waals surface area contributed by atoms with Crippen LogP contribution in [0.4, 0.5) is 15.3 Å². The van der Waals surface area contributed by atoms with Gasteiger partial charge in [-0.05, 0) is 83.3 Å². The first-order valence-corrected chi connectivity index (χ1v) is 19.2. The number of nitrogens with two attached hydrogens (primary N) is 1. The second kappa shape index (κ2) is 24.5. The van der Waals surface area contributed by atoms with Crippen molar-refractivity contribution in [2.24, 2.45) is 17.1 Å². The van der Waals surface area contributed by atoms with E-state index in [-0.39, 0.29) is 53.8 Å². The normalized spacial score (nSPS) is 13.0. The Balaban J connectivity index is 2.79. The lowest BCUT2D eigenvalue weighted by Crippen LogP contribution is -2.54. The molecule has 1 aromatic carbocycles. The predicted octanol–water partition coefficient (Wildman–Crippen LogP) is 3.13. The summed E-state index contributed by atoms with van der Waals surface area (Å²) in [6, 6.07) is 1.42. The molecule has 0 radical (unpaired) electrons. The van der Waals surface area contributed by atoms with E-state index in [2.05, 4.69) is 31.9 Å². The van der Waals surface area contributed by atoms with Crippen molar-refractivity contribution in [3.05, 3.63) is 23.8 Å². The molecule has 0 aliphatic rings. The second-order valence-corrected chi connectivity index (χ2v) is 15.8. The molecule has 57 heavy (non-hydrogen) atoms. The molecule has 0 aliphatic carbocycles. The lowest BCUT2D eigenvalue weighted by atomic mass is 9.90. The monoisotopic (exact) mass is 807 g/mol. The average Bonchev–Trinajstić information content (AvgIpc) is 3.10. The van der Waals surface area contributed by atoms with Gasteiger partial charge in [0.15, 0.2) is 6.61 Å². The van der Waals surface area contributed by atoms with E-state index in [0.717, 1.165) is 0 Å². The third-order valence-electron chi connectivity index (χ3n) is 8.32. The van der Waals surface area contributed by atoms with Crippen LogP contribution in [-0.4, -0.2) is 105 Å². The van der Waals surface area contributed by atoms with Crippen molar-refractivity contribution in [3.8, 4) is 5.75 Å². The Morgan fingerprint density at radius 3 is 2.09 bits per heavy atom. The number of amides is 7. The molecule has 0 spiro atoms. The molecule has 18 nitrogen and oxygen atoms in total. The number of ether oxygens (including phenoxy) is 4. The van der Waals surface area contributed by atoms with Gasteiger partial charge in [0.25, 0.3) is 5.91 Å². The molecule has 0 fully saturated rings. The van der Waals surface area contributed by atoms with Gasteiger partial charge >= 0.3 is 18.1 Å². The van der Waals surface area contributed by atoms with Gasteiger partial charge in [-0.3, -0.25) is 19.2 Å². The number of anilines is 1. The lowest BCUT2D eigenvalue weighted by molar-refractivity contribution is -0.131. The maximum atomic E-state index is 13.5. The summed E-state index contributed by atoms with van der Waals surface area (Å²) in [4.78, 5) is 86.6. The van der Waals surface area contributed by atoms with Crippen molar-refractivity contribution in [2.75, 3.05) is 45.3 Å². The zero-order valence-electron chi connectivity index (χ0n) is 35.2. The minimum absolute atomic E-state index is 0.00975. The number of carbonyl (C=O) groups is 7. The number of carbonyl (C=O) groups excluding carboxylic acids is 7. The molecule has 7 amide bonds. The van der Waals surface area contributed by atoms with Gasteiger partial charge in [-0.1, -0.05) is 27.7 Å². The lowest BCUT2D eigenvalue weighted by Gasteiger charge is -2.27. The molecule has 1 unspecified atom stereocenters. The summed E-state index contributed by atoms with van der Waals surface area (Å²) in [7, 11) is 1.19. The number of rotatable bonds is 24. The fraction of sp³-hybridized carbons (Fsp3) is 0.667. The summed E-state index contributed by atoms with van der Waals surface area (Å²) in [6.07, 6.45) is 1.88. The number of urea groups is 1. The quantitative estimate of drug-likeness (QED) is 0.0590. The molecule has 322 valence electrons. The van der Waals surface area contributed by atoms with E-state index in [0.29, 0.717) is 39.0 Å². The molecule has 0 saturated carbocycles. The first-order valence-electron chi connectivity index (χ1n) is 19.2. The van der Waals surface area contributed by atoms with Crippen LogP contribution in [0.1, 0.15) is 105 Å². The highest BCUT2D eigenvalue weighted by atomic mass is 16.6. The summed E-state index contributed by atoms with van der Waals surface area (Å²) >= 11 is 0. The molecule has 0 aromatic heterocycles. The Morgan fingerprint density at radius 2 is 1.49 bits per heavy atom. The van der Waals surface area contributed by atoms with Crippen LogP contribution in [0.3, 0.4) is 0 Å². The maximum Gasteiger partial charge on any atom is 0.407 e. The molecule has 8 N–H and O–H groups in total. The number of hydrogen-bond acceptors (Lipinski definition) is 11. The van der Waals surface area contributed by atoms with E-state index in [9.17, 15) is 33.6 Å². The number of primary amides is 1. The molecule has 3 atom stereocenters. The number of nitrogens with one attached hydrogen (secondary N) is 6. The zero-order valence-corrected chi connectivity index (χ0v) is 35.2. The molecule has 0 saturated heterocycles. The van der Waals surface area contributed by atoms with Crippen LogP contribution in [0.25, 0.3) is 0 Å². The molecule has 1 rings (SSSR count). The predicted molar refractivity (Wildman–Crippen MR) is 213 cm³/mol. The van der Waals surface area contributed by atoms with Gasteiger partial charge < -0.3 is 56.6 Å². The Hall–Kier alpha value is -5.13. The summed E-state index contributed by atoms with van der Waals surface area (Å²) in [5, 5.41) is 16.0. The summed E-state index contributed by atoms with van der Waals surface area (Å²) < 4.78 is 21.8. The van der Waals surface area contributed by atoms with Crippen LogP contribution in [0.5, 0.6) is 5.75 Å². The highest BCUT2D eigenvalue weighted by Gasteiger charge is 2.29. The van der Waals surface area contributed by atoms with Crippen LogP contribution >= 0.6 is 0 Å². The van der Waals surface area contributed by atoms with Crippen molar-refractivity contribution in [1.82, 2.24) is 26.6 Å². The minimum atomic E-state index is -1.09. The SMILES string of the molecule is COC(=O)c1ccc(NC(=O)[C@H](CCCNC(N)=O)NC(=O)[C@@H](NC(C)=O)C(C)C)cc1OCC(=O)NCCCC(C)OCCC(C)(C)CNC(=O)OC(C)(C)C. The van der Waals surface area contributed by atoms with E-state index in [1.165, 1.54) is 32.2 Å². The fourth-order valence-electron chi connectivity index (χ4n) is 5.17. The van der Waals surface area contributed by atoms with Crippen LogP contribution in [0, 0.1) is 11.3 Å². The van der Waals surface area contributed by atoms with Gasteiger partial charge in [0, 0.05) is 44.9 Å². The number of alkyl carbamates (subject to hydrolysis) is 1. The van der Waals surface area contributed by atoms with Gasteiger partial charge in [0.05, 0.1) is 13.2 Å². The second-order valence-electron chi connectivity index (χ2n) is 15.8. The van der Waals surface area contributed by atoms with Crippen molar-refractivity contribution in [1.29, 1.82) is 0 Å². The molecule has 0 bridgehead atoms. The number of methoxy groups -OCH3 is 1. The van der Waals surface area contributed by atoms with Gasteiger partial charge in [0.2, 0.25) is 17.7 Å². The van der Waals surface area contributed by atoms with Gasteiger partial charge in [0.1, 0.15) is 29.0 Å². The molecule has 0 heterocycles. The van der Waals surface area contributed by atoms with E-state index < -0.39 is 66.0 Å². The topological polar surface area (TPSA) is 255 Å². The zero-order chi connectivity index (χ0) is 43.3. The van der Waals surface area contributed by atoms with Crippen LogP contribution < -0.4 is 42.4 Å². The van der Waals surface area contributed by atoms with Crippen molar-refractivity contribution < 1.29 is 52.5 Å². The number of hydrogen-bond donors (Lipinski definition) is 7. The van der Waals surface area contributed by atoms with Gasteiger partial charge in [-0.2, -0.15) is 0 Å². The number of esters is 1. The smallest absolute Gasteiger partial charge is 0.407 e. The highest BCUT2D eigenvalue weighted by Crippen LogP contribution is 2.25. The van der Waals surface area contributed by atoms with E-state index in [1.54, 1.807) is 13.8 Å². The van der Waals surface area contributed by atoms with E-state index in [4.69, 9.17) is 24.7 Å². The first-order chi connectivity index (χ1) is 26.5. The molecule has 0 aliphatic heterocycles. The largest absolute Gasteiger partial charge is 0.483 e. The van der Waals surface area contributed by atoms with E-state index in [1.807, 2.05) is 41.5 Å². The van der Waals surface area contributed by atoms with E-state index >= 15 is 0 Å². The molecular weight excluding hydrogens is 742 g/mol. The average molecular weight is 808 g/mol. The molecule has 1 aromatic rings. The Bertz CT molecular complexity index is 1510. The summed E-state index contributed by atoms with van der Waals surface area (Å²) in [6.45, 7) is 17.2. The van der Waals surface area contributed by atoms with Crippen molar-refractivity contribution in [2.45, 2.75) is 118 Å². The minimum Gasteiger partial charge on any atom is -0.483 e. The highest BCUT2D eigenvalue weighted by molar-refractivity contribution is 5.99. The van der Waals surface area contributed by atoms with Crippen molar-refractivity contribution >= 4 is 47.4 Å². The van der Waals surface area contributed by atoms with Crippen molar-refractivity contribution in [3.63, 3.8) is 0 Å². The first kappa shape index (κ1) is 49.9. The standard InChI is InChI=1S/C39H65N7O11/c1-24(2)32(44-26(4)47)34(50)46-29(14-12-19-42-36(40)52)33(49)45-27-15-16-28(35(51)54-10)30(21-27)56-22-31(48)41-18-11-13-25(3)55-20-17-39(8,9)23-43-37(53)57-38(5,6)7/h15-16,21,24-25,29,32H,11-14,17-20,22-23H2,1-10H3,(H,41,48)(H,43,53)(H,44,47)(H,45,49)(H,46,50)(H3,40,42,52)/t25?,29-,32-/m0/s1. The Morgan fingerprint density at radius 1 is 0.842 bits per heavy atom. The Kier molecular flexibility index (Phi) is 21.4. The Labute approximate surface area is 336 Å². The summed E-state index contributed by atoms with van der Waals surface area (Å²) in [5.41, 5.74) is 4.56. The summed E-state index contributed by atoms with van der Waals surface area (Å²) in [5.74, 6) is -3.11. The van der Waals surface area contributed by atoms with Crippen LogP contribution in [0.2, 0.25) is 0 Å². The third-order valence-corrected chi connectivity index (χ3v) is 8.32. The molecular formula is C39H65N7O11. The van der Waals surface area contributed by atoms with Gasteiger partial charge in [-0.15, -0.1) is 0 Å². The maximum absolute atomic E-state index is 13.5. The number of benzene rings is 1. The van der Waals surface area contributed by atoms with Gasteiger partial charge in [-0.25, -0.2) is 14.4 Å². The third kappa shape index (κ3) is 21.7.